The Kier molecular flexibility index (Phi) is 6.52. The minimum Gasteiger partial charge on any atom is -0.324 e. The molecule has 1 aliphatic rings. The van der Waals surface area contributed by atoms with Crippen LogP contribution in [0, 0.1) is 0 Å². The number of para-hydroxylation sites is 1. The molecule has 2 heterocycles. The van der Waals surface area contributed by atoms with Crippen molar-refractivity contribution in [2.24, 2.45) is 0 Å². The summed E-state index contributed by atoms with van der Waals surface area (Å²) >= 11 is 1.43. The Morgan fingerprint density at radius 2 is 2.11 bits per heavy atom. The lowest BCUT2D eigenvalue weighted by Crippen LogP contribution is -2.32. The van der Waals surface area contributed by atoms with E-state index in [1.807, 2.05) is 35.1 Å². The molecule has 0 fully saturated rings. The molecule has 144 valence electrons. The summed E-state index contributed by atoms with van der Waals surface area (Å²) in [6.07, 6.45) is 3.59. The summed E-state index contributed by atoms with van der Waals surface area (Å²) in [7, 11) is 0. The van der Waals surface area contributed by atoms with Gasteiger partial charge in [-0.05, 0) is 25.2 Å². The number of carbonyl (C=O) groups excluding carboxylic acids is 2. The van der Waals surface area contributed by atoms with Gasteiger partial charge in [0.15, 0.2) is 0 Å². The topological polar surface area (TPSA) is 79.3 Å². The Balaban J connectivity index is 1.52. The van der Waals surface area contributed by atoms with Gasteiger partial charge in [0, 0.05) is 24.1 Å². The van der Waals surface area contributed by atoms with Gasteiger partial charge in [-0.2, -0.15) is 5.10 Å². The van der Waals surface area contributed by atoms with Crippen molar-refractivity contribution >= 4 is 35.0 Å². The van der Waals surface area contributed by atoms with Gasteiger partial charge in [-0.3, -0.25) is 14.3 Å². The first-order chi connectivity index (χ1) is 13.1. The van der Waals surface area contributed by atoms with Crippen LogP contribution in [0.25, 0.3) is 0 Å². The monoisotopic (exact) mass is 387 g/mol. The number of benzene rings is 1. The molecule has 1 unspecified atom stereocenters. The highest BCUT2D eigenvalue weighted by molar-refractivity contribution is 8.01. The lowest BCUT2D eigenvalue weighted by molar-refractivity contribution is -0.120. The summed E-state index contributed by atoms with van der Waals surface area (Å²) in [6.45, 7) is 7.97. The minimum atomic E-state index is -0.433. The largest absolute Gasteiger partial charge is 0.324 e. The van der Waals surface area contributed by atoms with E-state index in [1.54, 1.807) is 6.20 Å². The van der Waals surface area contributed by atoms with E-state index in [-0.39, 0.29) is 18.2 Å². The van der Waals surface area contributed by atoms with E-state index in [1.165, 1.54) is 11.8 Å². The van der Waals surface area contributed by atoms with Crippen LogP contribution < -0.4 is 10.6 Å². The van der Waals surface area contributed by atoms with E-state index in [4.69, 9.17) is 0 Å². The normalized spacial score (nSPS) is 16.1. The van der Waals surface area contributed by atoms with Crippen molar-refractivity contribution in [2.45, 2.75) is 37.0 Å². The molecule has 0 saturated heterocycles. The standard InChI is InChI=1S/C19H25N5O2S/c1-3-23(4-2)9-10-24-13-14(12-20-24)21-18(25)11-17-19(26)22-15-7-5-6-8-16(15)27-17/h5-8,12-13,17H,3-4,9-11H2,1-2H3,(H,21,25)(H,22,26). The highest BCUT2D eigenvalue weighted by Gasteiger charge is 2.28. The third kappa shape index (κ3) is 5.11. The number of fused-ring (bicyclic) bond motifs is 1. The maximum Gasteiger partial charge on any atom is 0.238 e. The second-order valence-electron chi connectivity index (χ2n) is 6.36. The van der Waals surface area contributed by atoms with E-state index in [0.29, 0.717) is 5.69 Å². The first kappa shape index (κ1) is 19.4. The molecule has 2 aromatic rings. The molecule has 8 heteroatoms. The number of nitrogens with zero attached hydrogens (tertiary/aromatic N) is 3. The quantitative estimate of drug-likeness (QED) is 0.728. The van der Waals surface area contributed by atoms with Crippen LogP contribution in [0.3, 0.4) is 0 Å². The van der Waals surface area contributed by atoms with Crippen LogP contribution in [-0.2, 0) is 16.1 Å². The molecule has 1 aromatic carbocycles. The Morgan fingerprint density at radius 3 is 2.89 bits per heavy atom. The van der Waals surface area contributed by atoms with E-state index < -0.39 is 5.25 Å². The second kappa shape index (κ2) is 9.05. The van der Waals surface area contributed by atoms with Crippen molar-refractivity contribution in [1.29, 1.82) is 0 Å². The fourth-order valence-electron chi connectivity index (χ4n) is 2.94. The third-order valence-electron chi connectivity index (χ3n) is 4.53. The molecular formula is C19H25N5O2S. The molecule has 0 spiro atoms. The number of hydrogen-bond acceptors (Lipinski definition) is 5. The second-order valence-corrected chi connectivity index (χ2v) is 7.61. The molecule has 1 aromatic heterocycles. The summed E-state index contributed by atoms with van der Waals surface area (Å²) in [5.74, 6) is -0.325. The molecule has 0 aliphatic carbocycles. The summed E-state index contributed by atoms with van der Waals surface area (Å²) in [4.78, 5) is 27.9. The SMILES string of the molecule is CCN(CC)CCn1cc(NC(=O)CC2Sc3ccccc3NC2=O)cn1. The van der Waals surface area contributed by atoms with Gasteiger partial charge in [-0.25, -0.2) is 0 Å². The van der Waals surface area contributed by atoms with Crippen LogP contribution in [0.2, 0.25) is 0 Å². The van der Waals surface area contributed by atoms with Crippen molar-refractivity contribution in [3.05, 3.63) is 36.7 Å². The molecule has 1 atom stereocenters. The van der Waals surface area contributed by atoms with Gasteiger partial charge < -0.3 is 15.5 Å². The van der Waals surface area contributed by atoms with Crippen LogP contribution in [0.4, 0.5) is 11.4 Å². The first-order valence-electron chi connectivity index (χ1n) is 9.20. The fourth-order valence-corrected chi connectivity index (χ4v) is 4.05. The van der Waals surface area contributed by atoms with Crippen molar-refractivity contribution in [2.75, 3.05) is 30.3 Å². The summed E-state index contributed by atoms with van der Waals surface area (Å²) < 4.78 is 1.83. The van der Waals surface area contributed by atoms with Crippen LogP contribution in [0.15, 0.2) is 41.6 Å². The Bertz CT molecular complexity index is 803. The lowest BCUT2D eigenvalue weighted by atomic mass is 10.2. The molecule has 0 radical (unpaired) electrons. The average molecular weight is 388 g/mol. The van der Waals surface area contributed by atoms with Crippen LogP contribution in [0.1, 0.15) is 20.3 Å². The Morgan fingerprint density at radius 1 is 1.33 bits per heavy atom. The molecule has 1 aliphatic heterocycles. The van der Waals surface area contributed by atoms with E-state index >= 15 is 0 Å². The highest BCUT2D eigenvalue weighted by atomic mass is 32.2. The lowest BCUT2D eigenvalue weighted by Gasteiger charge is -2.23. The fraction of sp³-hybridized carbons (Fsp3) is 0.421. The molecule has 7 nitrogen and oxygen atoms in total. The molecule has 2 N–H and O–H groups in total. The number of amides is 2. The Hall–Kier alpha value is -2.32. The molecule has 0 saturated carbocycles. The predicted molar refractivity (Wildman–Crippen MR) is 108 cm³/mol. The highest BCUT2D eigenvalue weighted by Crippen LogP contribution is 2.36. The van der Waals surface area contributed by atoms with Gasteiger partial charge in [-0.1, -0.05) is 26.0 Å². The van der Waals surface area contributed by atoms with E-state index in [2.05, 4.69) is 34.5 Å². The Labute approximate surface area is 163 Å². The maximum absolute atomic E-state index is 12.4. The number of aromatic nitrogens is 2. The average Bonchev–Trinajstić information content (AvgIpc) is 3.10. The minimum absolute atomic E-state index is 0.120. The zero-order valence-electron chi connectivity index (χ0n) is 15.6. The molecular weight excluding hydrogens is 362 g/mol. The van der Waals surface area contributed by atoms with Crippen LogP contribution in [-0.4, -0.2) is 51.4 Å². The molecule has 3 rings (SSSR count). The number of nitrogens with one attached hydrogen (secondary N) is 2. The van der Waals surface area contributed by atoms with Gasteiger partial charge >= 0.3 is 0 Å². The zero-order chi connectivity index (χ0) is 19.2. The van der Waals surface area contributed by atoms with Gasteiger partial charge in [0.1, 0.15) is 0 Å². The van der Waals surface area contributed by atoms with Crippen molar-refractivity contribution in [1.82, 2.24) is 14.7 Å². The molecule has 0 bridgehead atoms. The molecule has 2 amide bonds. The summed E-state index contributed by atoms with van der Waals surface area (Å²) in [6, 6.07) is 7.62. The number of hydrogen-bond donors (Lipinski definition) is 2. The third-order valence-corrected chi connectivity index (χ3v) is 5.81. The predicted octanol–water partition coefficient (Wildman–Crippen LogP) is 2.67. The summed E-state index contributed by atoms with van der Waals surface area (Å²) in [5, 5.41) is 9.56. The van der Waals surface area contributed by atoms with Crippen LogP contribution in [0.5, 0.6) is 0 Å². The zero-order valence-corrected chi connectivity index (χ0v) is 16.5. The summed E-state index contributed by atoms with van der Waals surface area (Å²) in [5.41, 5.74) is 1.46. The van der Waals surface area contributed by atoms with Gasteiger partial charge in [0.05, 0.1) is 29.4 Å². The number of anilines is 2. The first-order valence-corrected chi connectivity index (χ1v) is 10.1. The van der Waals surface area contributed by atoms with Gasteiger partial charge in [0.25, 0.3) is 0 Å². The van der Waals surface area contributed by atoms with Crippen molar-refractivity contribution in [3.63, 3.8) is 0 Å². The van der Waals surface area contributed by atoms with Crippen LogP contribution >= 0.6 is 11.8 Å². The van der Waals surface area contributed by atoms with E-state index in [0.717, 1.165) is 36.8 Å². The van der Waals surface area contributed by atoms with Crippen molar-refractivity contribution in [3.8, 4) is 0 Å². The maximum atomic E-state index is 12.4. The molecule has 27 heavy (non-hydrogen) atoms. The number of carbonyl (C=O) groups is 2. The smallest absolute Gasteiger partial charge is 0.238 e. The number of rotatable bonds is 8. The van der Waals surface area contributed by atoms with Gasteiger partial charge in [0.2, 0.25) is 11.8 Å². The van der Waals surface area contributed by atoms with Gasteiger partial charge in [-0.15, -0.1) is 11.8 Å². The van der Waals surface area contributed by atoms with E-state index in [9.17, 15) is 9.59 Å². The number of likely N-dealkylation sites (N-methyl/N-ethyl adjacent to an activating group) is 1. The number of thioether (sulfide) groups is 1. The van der Waals surface area contributed by atoms with Crippen molar-refractivity contribution < 1.29 is 9.59 Å².